The van der Waals surface area contributed by atoms with Crippen LogP contribution in [0.4, 0.5) is 9.52 Å². The number of amides is 2. The molecule has 0 saturated carbocycles. The van der Waals surface area contributed by atoms with Crippen LogP contribution in [0.15, 0.2) is 28.1 Å². The molecule has 2 aromatic rings. The fourth-order valence-electron chi connectivity index (χ4n) is 1.72. The number of likely N-dealkylation sites (N-methyl/N-ethyl adjacent to an activating group) is 1. The third-order valence-corrected chi connectivity index (χ3v) is 4.22. The predicted octanol–water partition coefficient (Wildman–Crippen LogP) is 2.51. The van der Waals surface area contributed by atoms with Crippen molar-refractivity contribution in [2.45, 2.75) is 12.8 Å². The molecular formula is C14H13BrFN3O2S. The highest BCUT2D eigenvalue weighted by molar-refractivity contribution is 9.10. The number of carbonyl (C=O) groups excluding carboxylic acids is 2. The van der Waals surface area contributed by atoms with Gasteiger partial charge in [0, 0.05) is 12.4 Å². The summed E-state index contributed by atoms with van der Waals surface area (Å²) < 4.78 is 14.1. The maximum atomic E-state index is 13.8. The second-order valence-electron chi connectivity index (χ2n) is 4.43. The van der Waals surface area contributed by atoms with Crippen molar-refractivity contribution < 1.29 is 14.0 Å². The van der Waals surface area contributed by atoms with Crippen LogP contribution in [0.25, 0.3) is 0 Å². The molecule has 22 heavy (non-hydrogen) atoms. The molecule has 0 bridgehead atoms. The van der Waals surface area contributed by atoms with Crippen LogP contribution < -0.4 is 10.6 Å². The van der Waals surface area contributed by atoms with Gasteiger partial charge in [-0.25, -0.2) is 9.37 Å². The van der Waals surface area contributed by atoms with Crippen LogP contribution in [-0.2, 0) is 22.4 Å². The van der Waals surface area contributed by atoms with Crippen molar-refractivity contribution in [1.29, 1.82) is 0 Å². The van der Waals surface area contributed by atoms with Crippen LogP contribution in [0.1, 0.15) is 11.3 Å². The highest BCUT2D eigenvalue weighted by Gasteiger charge is 2.13. The van der Waals surface area contributed by atoms with E-state index in [0.717, 1.165) is 0 Å². The molecule has 0 spiro atoms. The third-order valence-electron chi connectivity index (χ3n) is 2.80. The fourth-order valence-corrected chi connectivity index (χ4v) is 2.85. The summed E-state index contributed by atoms with van der Waals surface area (Å²) in [6.45, 7) is 0. The van der Waals surface area contributed by atoms with Gasteiger partial charge in [-0.3, -0.25) is 9.59 Å². The Labute approximate surface area is 139 Å². The Kier molecular flexibility index (Phi) is 5.62. The van der Waals surface area contributed by atoms with E-state index in [1.54, 1.807) is 30.6 Å². The van der Waals surface area contributed by atoms with Crippen molar-refractivity contribution in [2.24, 2.45) is 0 Å². The quantitative estimate of drug-likeness (QED) is 0.830. The van der Waals surface area contributed by atoms with E-state index in [1.165, 1.54) is 11.3 Å². The molecule has 8 heteroatoms. The summed E-state index contributed by atoms with van der Waals surface area (Å²) in [6.07, 6.45) is 0.0682. The Hall–Kier alpha value is -1.80. The Morgan fingerprint density at radius 1 is 1.32 bits per heavy atom. The summed E-state index contributed by atoms with van der Waals surface area (Å²) in [4.78, 5) is 27.3. The number of hydrogen-bond acceptors (Lipinski definition) is 4. The van der Waals surface area contributed by atoms with E-state index in [2.05, 4.69) is 31.5 Å². The van der Waals surface area contributed by atoms with Crippen molar-refractivity contribution in [3.8, 4) is 0 Å². The molecule has 0 fully saturated rings. The molecule has 0 unspecified atom stereocenters. The molecule has 0 saturated heterocycles. The van der Waals surface area contributed by atoms with Crippen molar-refractivity contribution in [1.82, 2.24) is 10.3 Å². The minimum atomic E-state index is -0.447. The zero-order valence-corrected chi connectivity index (χ0v) is 14.1. The average Bonchev–Trinajstić information content (AvgIpc) is 2.90. The van der Waals surface area contributed by atoms with E-state index in [0.29, 0.717) is 20.9 Å². The molecule has 5 nitrogen and oxygen atoms in total. The van der Waals surface area contributed by atoms with Crippen molar-refractivity contribution >= 4 is 44.2 Å². The van der Waals surface area contributed by atoms with Gasteiger partial charge in [-0.1, -0.05) is 12.1 Å². The number of aromatic nitrogens is 1. The monoisotopic (exact) mass is 385 g/mol. The Morgan fingerprint density at radius 2 is 2.09 bits per heavy atom. The van der Waals surface area contributed by atoms with Gasteiger partial charge in [-0.05, 0) is 27.6 Å². The van der Waals surface area contributed by atoms with Crippen LogP contribution >= 0.6 is 27.3 Å². The highest BCUT2D eigenvalue weighted by atomic mass is 79.9. The summed E-state index contributed by atoms with van der Waals surface area (Å²) in [5.41, 5.74) is 0.877. The number of rotatable bonds is 5. The summed E-state index contributed by atoms with van der Waals surface area (Å²) in [7, 11) is 1.55. The van der Waals surface area contributed by atoms with Gasteiger partial charge in [-0.2, -0.15) is 0 Å². The zero-order chi connectivity index (χ0) is 16.1. The lowest BCUT2D eigenvalue weighted by Gasteiger charge is -2.04. The van der Waals surface area contributed by atoms with Gasteiger partial charge in [0.05, 0.1) is 23.0 Å². The smallest absolute Gasteiger partial charge is 0.230 e. The maximum absolute atomic E-state index is 13.8. The van der Waals surface area contributed by atoms with Gasteiger partial charge < -0.3 is 10.6 Å². The number of benzene rings is 1. The summed E-state index contributed by atoms with van der Waals surface area (Å²) >= 11 is 4.30. The molecule has 0 aliphatic carbocycles. The molecule has 2 amide bonds. The number of halogens is 2. The minimum absolute atomic E-state index is 0.0877. The lowest BCUT2D eigenvalue weighted by Crippen LogP contribution is -2.20. The summed E-state index contributed by atoms with van der Waals surface area (Å²) in [5, 5.41) is 7.19. The van der Waals surface area contributed by atoms with Crippen LogP contribution in [0.3, 0.4) is 0 Å². The van der Waals surface area contributed by atoms with Gasteiger partial charge in [-0.15, -0.1) is 11.3 Å². The number of carbonyl (C=O) groups is 2. The highest BCUT2D eigenvalue weighted by Crippen LogP contribution is 2.20. The van der Waals surface area contributed by atoms with E-state index >= 15 is 0 Å². The average molecular weight is 386 g/mol. The van der Waals surface area contributed by atoms with Crippen molar-refractivity contribution in [3.05, 3.63) is 45.1 Å². The number of hydrogen-bond donors (Lipinski definition) is 2. The number of nitrogens with one attached hydrogen (secondary N) is 2. The van der Waals surface area contributed by atoms with Crippen LogP contribution in [0, 0.1) is 5.82 Å². The molecule has 1 aromatic heterocycles. The molecule has 0 aliphatic heterocycles. The first-order valence-corrected chi connectivity index (χ1v) is 8.04. The molecule has 1 heterocycles. The van der Waals surface area contributed by atoms with Crippen LogP contribution in [0.5, 0.6) is 0 Å². The second-order valence-corrected chi connectivity index (χ2v) is 6.14. The molecular weight excluding hydrogens is 373 g/mol. The van der Waals surface area contributed by atoms with E-state index in [9.17, 15) is 14.0 Å². The van der Waals surface area contributed by atoms with Crippen molar-refractivity contribution in [3.63, 3.8) is 0 Å². The van der Waals surface area contributed by atoms with Gasteiger partial charge in [0.15, 0.2) is 5.13 Å². The topological polar surface area (TPSA) is 71.1 Å². The number of thiazole rings is 1. The minimum Gasteiger partial charge on any atom is -0.359 e. The SMILES string of the molecule is CNC(=O)Cc1csc(NC(=O)Cc2cccc(Br)c2F)n1. The standard InChI is InChI=1S/C14H13BrFN3O2S/c1-17-11(20)6-9-7-22-14(18-9)19-12(21)5-8-3-2-4-10(15)13(8)16/h2-4,7H,5-6H2,1H3,(H,17,20)(H,18,19,21). The van der Waals surface area contributed by atoms with Gasteiger partial charge in [0.25, 0.3) is 0 Å². The lowest BCUT2D eigenvalue weighted by molar-refractivity contribution is -0.120. The normalized spacial score (nSPS) is 10.3. The maximum Gasteiger partial charge on any atom is 0.230 e. The molecule has 0 atom stereocenters. The first kappa shape index (κ1) is 16.6. The van der Waals surface area contributed by atoms with E-state index < -0.39 is 5.82 Å². The molecule has 2 N–H and O–H groups in total. The summed E-state index contributed by atoms with van der Waals surface area (Å²) in [6, 6.07) is 4.79. The lowest BCUT2D eigenvalue weighted by atomic mass is 10.1. The molecule has 1 aromatic carbocycles. The third kappa shape index (κ3) is 4.35. The van der Waals surface area contributed by atoms with Gasteiger partial charge in [0.1, 0.15) is 5.82 Å². The van der Waals surface area contributed by atoms with Crippen LogP contribution in [0.2, 0.25) is 0 Å². The largest absolute Gasteiger partial charge is 0.359 e. The number of nitrogens with zero attached hydrogens (tertiary/aromatic N) is 1. The first-order valence-electron chi connectivity index (χ1n) is 6.37. The zero-order valence-electron chi connectivity index (χ0n) is 11.7. The molecule has 2 rings (SSSR count). The Bertz CT molecular complexity index is 705. The molecule has 0 radical (unpaired) electrons. The predicted molar refractivity (Wildman–Crippen MR) is 86.3 cm³/mol. The first-order chi connectivity index (χ1) is 10.5. The van der Waals surface area contributed by atoms with E-state index in [4.69, 9.17) is 0 Å². The Balaban J connectivity index is 1.97. The van der Waals surface area contributed by atoms with Crippen LogP contribution in [-0.4, -0.2) is 23.8 Å². The summed E-state index contributed by atoms with van der Waals surface area (Å²) in [5.74, 6) is -0.964. The van der Waals surface area contributed by atoms with E-state index in [-0.39, 0.29) is 24.7 Å². The second kappa shape index (κ2) is 7.46. The van der Waals surface area contributed by atoms with Crippen molar-refractivity contribution in [2.75, 3.05) is 12.4 Å². The molecule has 116 valence electrons. The van der Waals surface area contributed by atoms with Gasteiger partial charge >= 0.3 is 0 Å². The van der Waals surface area contributed by atoms with E-state index in [1.807, 2.05) is 0 Å². The fraction of sp³-hybridized carbons (Fsp3) is 0.214. The van der Waals surface area contributed by atoms with Gasteiger partial charge in [0.2, 0.25) is 11.8 Å². The molecule has 0 aliphatic rings. The number of anilines is 1. The Morgan fingerprint density at radius 3 is 2.82 bits per heavy atom.